The molecule has 4 nitrogen and oxygen atoms in total. The van der Waals surface area contributed by atoms with Gasteiger partial charge in [-0.15, -0.1) is 0 Å². The quantitative estimate of drug-likeness (QED) is 0.830. The maximum atomic E-state index is 11.2. The molecular weight excluding hydrogens is 210 g/mol. The van der Waals surface area contributed by atoms with E-state index in [1.807, 2.05) is 27.1 Å². The minimum atomic E-state index is -0.740. The van der Waals surface area contributed by atoms with Gasteiger partial charge in [-0.3, -0.25) is 4.21 Å². The Morgan fingerprint density at radius 3 is 2.87 bits per heavy atom. The van der Waals surface area contributed by atoms with E-state index in [0.29, 0.717) is 0 Å². The molecule has 2 unspecified atom stereocenters. The smallest absolute Gasteiger partial charge is 0.202 e. The van der Waals surface area contributed by atoms with Crippen LogP contribution in [0, 0.1) is 6.92 Å². The van der Waals surface area contributed by atoms with Crippen LogP contribution in [0.2, 0.25) is 0 Å². The van der Waals surface area contributed by atoms with Crippen LogP contribution in [0.4, 0.5) is 5.95 Å². The van der Waals surface area contributed by atoms with Gasteiger partial charge in [0.25, 0.3) is 0 Å². The van der Waals surface area contributed by atoms with Gasteiger partial charge in [0.15, 0.2) is 0 Å². The topological polar surface area (TPSA) is 46.9 Å². The number of nitrogens with one attached hydrogen (secondary N) is 1. The average Bonchev–Trinajstić information content (AvgIpc) is 2.55. The van der Waals surface area contributed by atoms with Gasteiger partial charge < -0.3 is 9.88 Å². The highest BCUT2D eigenvalue weighted by atomic mass is 32.2. The molecule has 0 amide bonds. The molecule has 1 heterocycles. The van der Waals surface area contributed by atoms with E-state index >= 15 is 0 Å². The maximum Gasteiger partial charge on any atom is 0.202 e. The molecule has 0 saturated heterocycles. The molecule has 0 saturated carbocycles. The maximum absolute atomic E-state index is 11.2. The summed E-state index contributed by atoms with van der Waals surface area (Å²) in [4.78, 5) is 4.33. The second-order valence-corrected chi connectivity index (χ2v) is 5.55. The highest BCUT2D eigenvalue weighted by Gasteiger charge is 2.08. The molecule has 15 heavy (non-hydrogen) atoms. The van der Waals surface area contributed by atoms with Gasteiger partial charge in [0.2, 0.25) is 5.95 Å². The van der Waals surface area contributed by atoms with Crippen molar-refractivity contribution in [2.75, 3.05) is 18.6 Å². The largest absolute Gasteiger partial charge is 0.359 e. The second kappa shape index (κ2) is 5.30. The van der Waals surface area contributed by atoms with Gasteiger partial charge in [0, 0.05) is 42.1 Å². The Labute approximate surface area is 93.5 Å². The standard InChI is InChI=1S/C10H19N3OS/c1-8-7-13(10(11-3)12-8)6-5-9(2)15(4)14/h7,9H,5-6H2,1-4H3,(H,11,12). The monoisotopic (exact) mass is 229 g/mol. The van der Waals surface area contributed by atoms with Gasteiger partial charge in [-0.1, -0.05) is 6.92 Å². The van der Waals surface area contributed by atoms with Gasteiger partial charge in [0.05, 0.1) is 5.69 Å². The molecule has 1 N–H and O–H groups in total. The van der Waals surface area contributed by atoms with Crippen molar-refractivity contribution in [1.29, 1.82) is 0 Å². The van der Waals surface area contributed by atoms with E-state index in [1.165, 1.54) is 0 Å². The molecule has 1 aromatic rings. The van der Waals surface area contributed by atoms with Crippen LogP contribution in [-0.4, -0.2) is 32.3 Å². The summed E-state index contributed by atoms with van der Waals surface area (Å²) in [5, 5.41) is 3.28. The Bertz CT molecular complexity index is 348. The number of aromatic nitrogens is 2. The Hall–Kier alpha value is -0.840. The third-order valence-corrected chi connectivity index (χ3v) is 3.83. The highest BCUT2D eigenvalue weighted by molar-refractivity contribution is 7.84. The lowest BCUT2D eigenvalue weighted by atomic mass is 10.3. The summed E-state index contributed by atoms with van der Waals surface area (Å²) in [7, 11) is 1.12. The summed E-state index contributed by atoms with van der Waals surface area (Å²) >= 11 is 0. The van der Waals surface area contributed by atoms with Crippen molar-refractivity contribution >= 4 is 16.7 Å². The average molecular weight is 229 g/mol. The number of hydrogen-bond acceptors (Lipinski definition) is 3. The van der Waals surface area contributed by atoms with Gasteiger partial charge in [-0.25, -0.2) is 4.98 Å². The summed E-state index contributed by atoms with van der Waals surface area (Å²) < 4.78 is 13.3. The number of anilines is 1. The molecule has 0 bridgehead atoms. The molecule has 0 radical (unpaired) electrons. The summed E-state index contributed by atoms with van der Waals surface area (Å²) in [6.07, 6.45) is 4.67. The molecule has 0 spiro atoms. The van der Waals surface area contributed by atoms with Crippen molar-refractivity contribution in [3.63, 3.8) is 0 Å². The molecule has 0 fully saturated rings. The molecule has 0 aromatic carbocycles. The predicted molar refractivity (Wildman–Crippen MR) is 64.7 cm³/mol. The van der Waals surface area contributed by atoms with Crippen LogP contribution in [-0.2, 0) is 17.3 Å². The van der Waals surface area contributed by atoms with Gasteiger partial charge in [-0.2, -0.15) is 0 Å². The minimum absolute atomic E-state index is 0.234. The number of aryl methyl sites for hydroxylation is 2. The predicted octanol–water partition coefficient (Wildman–Crippen LogP) is 1.39. The van der Waals surface area contributed by atoms with Crippen molar-refractivity contribution in [2.45, 2.75) is 32.1 Å². The van der Waals surface area contributed by atoms with Crippen molar-refractivity contribution in [3.05, 3.63) is 11.9 Å². The van der Waals surface area contributed by atoms with E-state index in [0.717, 1.165) is 24.6 Å². The van der Waals surface area contributed by atoms with Gasteiger partial charge in [-0.05, 0) is 13.3 Å². The lowest BCUT2D eigenvalue weighted by Gasteiger charge is -2.10. The number of rotatable bonds is 5. The molecule has 1 rings (SSSR count). The first kappa shape index (κ1) is 12.2. The van der Waals surface area contributed by atoms with E-state index < -0.39 is 10.8 Å². The molecular formula is C10H19N3OS. The van der Waals surface area contributed by atoms with E-state index in [-0.39, 0.29) is 5.25 Å². The molecule has 2 atom stereocenters. The van der Waals surface area contributed by atoms with Crippen LogP contribution in [0.3, 0.4) is 0 Å². The normalized spacial score (nSPS) is 14.9. The fourth-order valence-corrected chi connectivity index (χ4v) is 1.84. The summed E-state index contributed by atoms with van der Waals surface area (Å²) in [6.45, 7) is 4.84. The zero-order valence-electron chi connectivity index (χ0n) is 9.78. The number of imidazole rings is 1. The first-order valence-corrected chi connectivity index (χ1v) is 6.70. The van der Waals surface area contributed by atoms with Crippen molar-refractivity contribution in [2.24, 2.45) is 0 Å². The highest BCUT2D eigenvalue weighted by Crippen LogP contribution is 2.10. The fraction of sp³-hybridized carbons (Fsp3) is 0.700. The molecule has 0 aliphatic carbocycles. The Morgan fingerprint density at radius 1 is 1.67 bits per heavy atom. The van der Waals surface area contributed by atoms with Crippen molar-refractivity contribution in [3.8, 4) is 0 Å². The third-order valence-electron chi connectivity index (χ3n) is 2.46. The summed E-state index contributed by atoms with van der Waals surface area (Å²) in [6, 6.07) is 0. The van der Waals surface area contributed by atoms with Gasteiger partial charge >= 0.3 is 0 Å². The van der Waals surface area contributed by atoms with E-state index in [9.17, 15) is 4.21 Å². The van der Waals surface area contributed by atoms with Crippen LogP contribution in [0.15, 0.2) is 6.20 Å². The summed E-state index contributed by atoms with van der Waals surface area (Å²) in [5.74, 6) is 0.876. The van der Waals surface area contributed by atoms with Crippen LogP contribution >= 0.6 is 0 Å². The minimum Gasteiger partial charge on any atom is -0.359 e. The van der Waals surface area contributed by atoms with Crippen LogP contribution < -0.4 is 5.32 Å². The van der Waals surface area contributed by atoms with Crippen LogP contribution in [0.5, 0.6) is 0 Å². The zero-order valence-corrected chi connectivity index (χ0v) is 10.6. The van der Waals surface area contributed by atoms with E-state index in [4.69, 9.17) is 0 Å². The van der Waals surface area contributed by atoms with E-state index in [2.05, 4.69) is 14.9 Å². The van der Waals surface area contributed by atoms with E-state index in [1.54, 1.807) is 6.26 Å². The Morgan fingerprint density at radius 2 is 2.33 bits per heavy atom. The fourth-order valence-electron chi connectivity index (χ4n) is 1.40. The lowest BCUT2D eigenvalue weighted by molar-refractivity contribution is 0.623. The van der Waals surface area contributed by atoms with Gasteiger partial charge in [0.1, 0.15) is 0 Å². The lowest BCUT2D eigenvalue weighted by Crippen LogP contribution is -2.13. The first-order valence-electron chi connectivity index (χ1n) is 5.08. The molecule has 0 aliphatic heterocycles. The SMILES string of the molecule is CNc1nc(C)cn1CCC(C)S(C)=O. The van der Waals surface area contributed by atoms with Crippen LogP contribution in [0.25, 0.3) is 0 Å². The number of nitrogens with zero attached hydrogens (tertiary/aromatic N) is 2. The third kappa shape index (κ3) is 3.34. The zero-order chi connectivity index (χ0) is 11.4. The number of hydrogen-bond donors (Lipinski definition) is 1. The molecule has 0 aliphatic rings. The van der Waals surface area contributed by atoms with Crippen molar-refractivity contribution < 1.29 is 4.21 Å². The second-order valence-electron chi connectivity index (χ2n) is 3.75. The van der Waals surface area contributed by atoms with Crippen molar-refractivity contribution in [1.82, 2.24) is 9.55 Å². The molecule has 86 valence electrons. The van der Waals surface area contributed by atoms with Crippen LogP contribution in [0.1, 0.15) is 19.0 Å². The summed E-state index contributed by atoms with van der Waals surface area (Å²) in [5.41, 5.74) is 1.00. The Kier molecular flexibility index (Phi) is 4.32. The first-order chi connectivity index (χ1) is 7.04. The molecule has 1 aromatic heterocycles. The Balaban J connectivity index is 2.60. The molecule has 5 heteroatoms.